The van der Waals surface area contributed by atoms with Crippen LogP contribution in [0.15, 0.2) is 72.9 Å². The van der Waals surface area contributed by atoms with Gasteiger partial charge in [0, 0.05) is 41.9 Å². The minimum atomic E-state index is 0.0818. The van der Waals surface area contributed by atoms with E-state index < -0.39 is 0 Å². The third-order valence-corrected chi connectivity index (χ3v) is 5.95. The summed E-state index contributed by atoms with van der Waals surface area (Å²) in [6, 6.07) is 17.9. The highest BCUT2D eigenvalue weighted by molar-refractivity contribution is 6.31. The van der Waals surface area contributed by atoms with Crippen molar-refractivity contribution in [1.82, 2.24) is 14.7 Å². The van der Waals surface area contributed by atoms with Crippen molar-refractivity contribution < 1.29 is 4.79 Å². The molecular formula is C25H26ClN3O. The Labute approximate surface area is 182 Å². The number of nitrogens with zero attached hydrogens (tertiary/aromatic N) is 3. The lowest BCUT2D eigenvalue weighted by molar-refractivity contribution is -0.134. The van der Waals surface area contributed by atoms with Gasteiger partial charge >= 0.3 is 0 Å². The summed E-state index contributed by atoms with van der Waals surface area (Å²) in [5.74, 6) is 0.288. The molecule has 30 heavy (non-hydrogen) atoms. The molecular weight excluding hydrogens is 394 g/mol. The van der Waals surface area contributed by atoms with Crippen molar-refractivity contribution in [3.8, 4) is 11.3 Å². The highest BCUT2D eigenvalue weighted by Gasteiger charge is 2.23. The number of hydrogen-bond donors (Lipinski definition) is 0. The number of allylic oxidation sites excluding steroid dienone is 2. The number of aromatic nitrogens is 2. The van der Waals surface area contributed by atoms with Gasteiger partial charge in [-0.05, 0) is 30.9 Å². The topological polar surface area (TPSA) is 38.1 Å². The molecule has 0 unspecified atom stereocenters. The Hall–Kier alpha value is -2.85. The number of halogens is 1. The lowest BCUT2D eigenvalue weighted by atomic mass is 9.93. The summed E-state index contributed by atoms with van der Waals surface area (Å²) in [6.07, 6.45) is 9.07. The number of benzene rings is 2. The van der Waals surface area contributed by atoms with Crippen LogP contribution in [0, 0.1) is 5.92 Å². The molecule has 5 heteroatoms. The summed E-state index contributed by atoms with van der Waals surface area (Å²) in [7, 11) is 1.89. The largest absolute Gasteiger partial charge is 0.341 e. The maximum atomic E-state index is 12.9. The second-order valence-electron chi connectivity index (χ2n) is 7.83. The molecule has 1 aliphatic rings. The number of carbonyl (C=O) groups excluding carboxylic acids is 1. The van der Waals surface area contributed by atoms with Gasteiger partial charge in [-0.15, -0.1) is 0 Å². The molecule has 1 amide bonds. The van der Waals surface area contributed by atoms with E-state index in [1.54, 1.807) is 0 Å². The molecule has 0 fully saturated rings. The molecule has 0 saturated heterocycles. The van der Waals surface area contributed by atoms with E-state index in [1.165, 1.54) is 0 Å². The van der Waals surface area contributed by atoms with E-state index in [4.69, 9.17) is 16.7 Å². The summed E-state index contributed by atoms with van der Waals surface area (Å²) in [6.45, 7) is 1.12. The third-order valence-electron chi connectivity index (χ3n) is 5.58. The lowest BCUT2D eigenvalue weighted by Gasteiger charge is -2.24. The molecule has 0 bridgehead atoms. The van der Waals surface area contributed by atoms with E-state index in [2.05, 4.69) is 24.3 Å². The van der Waals surface area contributed by atoms with E-state index in [0.717, 1.165) is 46.7 Å². The van der Waals surface area contributed by atoms with Crippen LogP contribution in [0.2, 0.25) is 5.02 Å². The number of rotatable bonds is 6. The average molecular weight is 420 g/mol. The molecule has 4 nitrogen and oxygen atoms in total. The SMILES string of the molecule is CN(Cc1cn(Cc2ccccc2Cl)nc1-c1ccccc1)C(=O)[C@@H]1CC=CCC1. The summed E-state index contributed by atoms with van der Waals surface area (Å²) < 4.78 is 1.92. The summed E-state index contributed by atoms with van der Waals surface area (Å²) in [5, 5.41) is 5.58. The molecule has 0 saturated carbocycles. The van der Waals surface area contributed by atoms with Crippen molar-refractivity contribution in [1.29, 1.82) is 0 Å². The second-order valence-corrected chi connectivity index (χ2v) is 8.24. The van der Waals surface area contributed by atoms with Gasteiger partial charge in [0.25, 0.3) is 0 Å². The van der Waals surface area contributed by atoms with Crippen LogP contribution in [0.25, 0.3) is 11.3 Å². The molecule has 1 heterocycles. The fraction of sp³-hybridized carbons (Fsp3) is 0.280. The van der Waals surface area contributed by atoms with Crippen molar-refractivity contribution in [3.63, 3.8) is 0 Å². The van der Waals surface area contributed by atoms with Crippen molar-refractivity contribution in [3.05, 3.63) is 89.1 Å². The summed E-state index contributed by atoms with van der Waals surface area (Å²) in [4.78, 5) is 14.8. The number of carbonyl (C=O) groups is 1. The van der Waals surface area contributed by atoms with E-state index >= 15 is 0 Å². The molecule has 1 atom stereocenters. The van der Waals surface area contributed by atoms with E-state index in [9.17, 15) is 4.79 Å². The van der Waals surface area contributed by atoms with Gasteiger partial charge in [-0.1, -0.05) is 72.3 Å². The zero-order valence-electron chi connectivity index (χ0n) is 17.2. The predicted molar refractivity (Wildman–Crippen MR) is 121 cm³/mol. The Morgan fingerprint density at radius 3 is 2.60 bits per heavy atom. The Kier molecular flexibility index (Phi) is 6.34. The van der Waals surface area contributed by atoms with E-state index in [0.29, 0.717) is 13.1 Å². The van der Waals surface area contributed by atoms with Gasteiger partial charge in [0.2, 0.25) is 5.91 Å². The van der Waals surface area contributed by atoms with Crippen LogP contribution in [0.3, 0.4) is 0 Å². The van der Waals surface area contributed by atoms with E-state index in [1.807, 2.05) is 65.3 Å². The zero-order chi connectivity index (χ0) is 20.9. The number of amides is 1. The molecule has 4 rings (SSSR count). The van der Waals surface area contributed by atoms with Crippen molar-refractivity contribution >= 4 is 17.5 Å². The smallest absolute Gasteiger partial charge is 0.226 e. The van der Waals surface area contributed by atoms with Gasteiger partial charge in [-0.2, -0.15) is 5.10 Å². The first-order chi connectivity index (χ1) is 14.6. The first-order valence-electron chi connectivity index (χ1n) is 10.4. The fourth-order valence-corrected chi connectivity index (χ4v) is 4.16. The molecule has 1 aliphatic carbocycles. The molecule has 1 aromatic heterocycles. The van der Waals surface area contributed by atoms with Crippen LogP contribution in [0.4, 0.5) is 0 Å². The molecule has 0 spiro atoms. The Morgan fingerprint density at radius 1 is 1.10 bits per heavy atom. The fourth-order valence-electron chi connectivity index (χ4n) is 3.96. The zero-order valence-corrected chi connectivity index (χ0v) is 17.9. The molecule has 0 N–H and O–H groups in total. The van der Waals surface area contributed by atoms with Crippen LogP contribution in [0.1, 0.15) is 30.4 Å². The van der Waals surface area contributed by atoms with Crippen molar-refractivity contribution in [2.45, 2.75) is 32.4 Å². The highest BCUT2D eigenvalue weighted by atomic mass is 35.5. The predicted octanol–water partition coefficient (Wildman–Crippen LogP) is 5.57. The van der Waals surface area contributed by atoms with Gasteiger partial charge in [0.05, 0.1) is 12.2 Å². The standard InChI is InChI=1S/C25H26ClN3O/c1-28(25(30)20-12-6-3-7-13-20)16-22-18-29(17-21-14-8-9-15-23(21)26)27-24(22)19-10-4-2-5-11-19/h2-6,8-11,14-15,18,20H,7,12-13,16-17H2,1H3/t20-/m1/s1. The minimum Gasteiger partial charge on any atom is -0.341 e. The van der Waals surface area contributed by atoms with Crippen LogP contribution < -0.4 is 0 Å². The molecule has 3 aromatic rings. The summed E-state index contributed by atoms with van der Waals surface area (Å²) in [5.41, 5.74) is 4.01. The maximum Gasteiger partial charge on any atom is 0.226 e. The van der Waals surface area contributed by atoms with Crippen LogP contribution in [0.5, 0.6) is 0 Å². The molecule has 0 aliphatic heterocycles. The van der Waals surface area contributed by atoms with Crippen LogP contribution in [-0.4, -0.2) is 27.6 Å². The van der Waals surface area contributed by atoms with Gasteiger partial charge < -0.3 is 4.90 Å². The van der Waals surface area contributed by atoms with Gasteiger partial charge in [0.1, 0.15) is 0 Å². The van der Waals surface area contributed by atoms with Gasteiger partial charge in [0.15, 0.2) is 0 Å². The lowest BCUT2D eigenvalue weighted by Crippen LogP contribution is -2.33. The van der Waals surface area contributed by atoms with E-state index in [-0.39, 0.29) is 11.8 Å². The van der Waals surface area contributed by atoms with Gasteiger partial charge in [-0.25, -0.2) is 0 Å². The minimum absolute atomic E-state index is 0.0818. The molecule has 2 aromatic carbocycles. The van der Waals surface area contributed by atoms with Crippen molar-refractivity contribution in [2.24, 2.45) is 5.92 Å². The first-order valence-corrected chi connectivity index (χ1v) is 10.7. The van der Waals surface area contributed by atoms with Crippen LogP contribution >= 0.6 is 11.6 Å². The Bertz CT molecular complexity index is 1040. The first kappa shape index (κ1) is 20.4. The van der Waals surface area contributed by atoms with Crippen molar-refractivity contribution in [2.75, 3.05) is 7.05 Å². The Balaban J connectivity index is 1.60. The average Bonchev–Trinajstić information content (AvgIpc) is 3.18. The quantitative estimate of drug-likeness (QED) is 0.490. The summed E-state index contributed by atoms with van der Waals surface area (Å²) >= 11 is 6.35. The third kappa shape index (κ3) is 4.65. The number of hydrogen-bond acceptors (Lipinski definition) is 2. The highest BCUT2D eigenvalue weighted by Crippen LogP contribution is 2.26. The normalized spacial score (nSPS) is 15.9. The van der Waals surface area contributed by atoms with Gasteiger partial charge in [-0.3, -0.25) is 9.48 Å². The molecule has 0 radical (unpaired) electrons. The second kappa shape index (κ2) is 9.31. The monoisotopic (exact) mass is 419 g/mol. The molecule has 154 valence electrons. The Morgan fingerprint density at radius 2 is 1.87 bits per heavy atom. The van der Waals surface area contributed by atoms with Crippen LogP contribution in [-0.2, 0) is 17.9 Å². The maximum absolute atomic E-state index is 12.9.